The number of nitrogens with zero attached hydrogens (tertiary/aromatic N) is 2. The zero-order valence-corrected chi connectivity index (χ0v) is 19.1. The second-order valence-electron chi connectivity index (χ2n) is 5.10. The third-order valence-electron chi connectivity index (χ3n) is 2.66. The number of primary amides is 1. The van der Waals surface area contributed by atoms with E-state index in [1.54, 1.807) is 18.2 Å². The minimum absolute atomic E-state index is 0.0127. The third-order valence-corrected chi connectivity index (χ3v) is 5.00. The number of carbonyl (C=O) groups is 1. The van der Waals surface area contributed by atoms with Crippen molar-refractivity contribution in [2.24, 2.45) is 22.4 Å². The number of primary sulfonamides is 1. The molecule has 29 heavy (non-hydrogen) atoms. The minimum Gasteiger partial charge on any atom is -0.487 e. The predicted molar refractivity (Wildman–Crippen MR) is 120 cm³/mol. The molecule has 0 atom stereocenters. The molecule has 164 valence electrons. The Morgan fingerprint density at radius 2 is 1.93 bits per heavy atom. The van der Waals surface area contributed by atoms with Gasteiger partial charge in [0.05, 0.1) is 15.9 Å². The summed E-state index contributed by atoms with van der Waals surface area (Å²) in [4.78, 5) is 14.6. The molecule has 0 radical (unpaired) electrons. The van der Waals surface area contributed by atoms with Crippen LogP contribution in [0.25, 0.3) is 10.2 Å². The van der Waals surface area contributed by atoms with Gasteiger partial charge in [0.1, 0.15) is 18.9 Å². The number of fused-ring (bicyclic) bond motifs is 1. The molecule has 0 bridgehead atoms. The number of sulfonamides is 1. The first-order valence-electron chi connectivity index (χ1n) is 8.49. The van der Waals surface area contributed by atoms with E-state index in [1.807, 2.05) is 20.8 Å². The summed E-state index contributed by atoms with van der Waals surface area (Å²) in [6.45, 7) is 5.83. The van der Waals surface area contributed by atoms with Crippen molar-refractivity contribution in [1.29, 1.82) is 0 Å². The summed E-state index contributed by atoms with van der Waals surface area (Å²) >= 11 is 4.73. The number of benzene rings is 1. The van der Waals surface area contributed by atoms with E-state index in [0.29, 0.717) is 16.0 Å². The molecule has 8 N–H and O–H groups in total. The Morgan fingerprint density at radius 1 is 1.34 bits per heavy atom. The Bertz CT molecular complexity index is 915. The van der Waals surface area contributed by atoms with E-state index in [0.717, 1.165) is 22.1 Å². The molecule has 10 nitrogen and oxygen atoms in total. The van der Waals surface area contributed by atoms with Crippen LogP contribution in [0.1, 0.15) is 20.8 Å². The monoisotopic (exact) mass is 464 g/mol. The third kappa shape index (κ3) is 10.3. The smallest absolute Gasteiger partial charge is 0.265 e. The first-order chi connectivity index (χ1) is 13.6. The highest BCUT2D eigenvalue weighted by molar-refractivity contribution is 7.91. The molecule has 0 aliphatic rings. The highest BCUT2D eigenvalue weighted by atomic mass is 32.2. The number of thiol groups is 1. The number of amides is 1. The quantitative estimate of drug-likeness (QED) is 0.226. The van der Waals surface area contributed by atoms with Crippen molar-refractivity contribution in [3.05, 3.63) is 30.1 Å². The van der Waals surface area contributed by atoms with Crippen LogP contribution in [0.15, 0.2) is 34.4 Å². The second kappa shape index (κ2) is 13.2. The summed E-state index contributed by atoms with van der Waals surface area (Å²) in [6, 6.07) is 4.85. The number of aromatic nitrogens is 1. The fourth-order valence-corrected chi connectivity index (χ4v) is 3.42. The van der Waals surface area contributed by atoms with Crippen molar-refractivity contribution >= 4 is 50.1 Å². The molecule has 1 aromatic heterocycles. The number of carbonyl (C=O) groups excluding carboxylic acids is 1. The summed E-state index contributed by atoms with van der Waals surface area (Å²) in [7, 11) is -3.85. The maximum Gasteiger partial charge on any atom is 0.265 e. The van der Waals surface area contributed by atoms with E-state index < -0.39 is 15.9 Å². The van der Waals surface area contributed by atoms with Crippen molar-refractivity contribution in [1.82, 2.24) is 9.99 Å². The van der Waals surface area contributed by atoms with Crippen LogP contribution in [0.4, 0.5) is 0 Å². The Kier molecular flexibility index (Phi) is 12.3. The summed E-state index contributed by atoms with van der Waals surface area (Å²) < 4.78 is 28.5. The Morgan fingerprint density at radius 3 is 2.45 bits per heavy atom. The maximum atomic E-state index is 11.3. The zero-order chi connectivity index (χ0) is 22.6. The van der Waals surface area contributed by atoms with E-state index in [2.05, 4.69) is 17.6 Å². The summed E-state index contributed by atoms with van der Waals surface area (Å²) in [5.41, 5.74) is 11.5. The highest BCUT2D eigenvalue weighted by Crippen LogP contribution is 2.28. The number of thiazole rings is 1. The van der Waals surface area contributed by atoms with E-state index in [4.69, 9.17) is 27.2 Å². The molecule has 2 aromatic rings. The van der Waals surface area contributed by atoms with Crippen LogP contribution in [-0.4, -0.2) is 43.2 Å². The Labute approximate surface area is 180 Å². The lowest BCUT2D eigenvalue weighted by Crippen LogP contribution is -2.35. The fourth-order valence-electron chi connectivity index (χ4n) is 1.74. The lowest BCUT2D eigenvalue weighted by molar-refractivity contribution is -0.118. The Balaban J connectivity index is 0.00000143. The van der Waals surface area contributed by atoms with Gasteiger partial charge in [0, 0.05) is 6.20 Å². The van der Waals surface area contributed by atoms with Crippen molar-refractivity contribution in [3.8, 4) is 5.75 Å². The average molecular weight is 465 g/mol. The molecule has 2 rings (SSSR count). The molecule has 0 aliphatic carbocycles. The SMILES string of the molecule is CC.CCS.NC(=O)CN(N)/C=C(\N)COc1ccc2nc(S(N)(=O)=O)sc2c1. The topological polar surface area (TPSA) is 181 Å². The summed E-state index contributed by atoms with van der Waals surface area (Å²) in [5, 5.41) is 6.10. The molecule has 0 fully saturated rings. The molecule has 0 spiro atoms. The lowest BCUT2D eigenvalue weighted by atomic mass is 10.3. The fraction of sp³-hybridized carbons (Fsp3) is 0.375. The van der Waals surface area contributed by atoms with Crippen LogP contribution >= 0.6 is 24.0 Å². The first kappa shape index (κ1) is 26.9. The van der Waals surface area contributed by atoms with Crippen molar-refractivity contribution in [2.75, 3.05) is 18.9 Å². The molecule has 0 aliphatic heterocycles. The molecular weight excluding hydrogens is 436 g/mol. The zero-order valence-electron chi connectivity index (χ0n) is 16.5. The first-order valence-corrected chi connectivity index (χ1v) is 11.5. The number of hydrogen-bond donors (Lipinski definition) is 5. The van der Waals surface area contributed by atoms with Gasteiger partial charge in [-0.2, -0.15) is 12.6 Å². The standard InChI is InChI=1S/C12H16N6O4S2.C2H6S.C2H6/c13-7(4-18(15)5-11(14)19)6-22-8-1-2-9-10(3-8)23-12(17-9)24(16,20)21;1-2-3;1-2/h1-4H,5-6,13,15H2,(H2,14,19)(H2,16,20,21);3H,2H2,1H3;1-2H3/b7-4-;;. The van der Waals surface area contributed by atoms with Gasteiger partial charge in [0.15, 0.2) is 0 Å². The highest BCUT2D eigenvalue weighted by Gasteiger charge is 2.14. The number of hydrazine groups is 1. The van der Waals surface area contributed by atoms with Gasteiger partial charge in [-0.15, -0.1) is 11.3 Å². The normalized spacial score (nSPS) is 11.0. The molecule has 1 amide bonds. The molecule has 0 unspecified atom stereocenters. The van der Waals surface area contributed by atoms with Crippen LogP contribution in [-0.2, 0) is 14.8 Å². The number of nitrogens with two attached hydrogens (primary N) is 4. The maximum absolute atomic E-state index is 11.3. The van der Waals surface area contributed by atoms with Crippen molar-refractivity contribution in [3.63, 3.8) is 0 Å². The second-order valence-corrected chi connectivity index (χ2v) is 8.50. The van der Waals surface area contributed by atoms with Gasteiger partial charge in [-0.1, -0.05) is 20.8 Å². The van der Waals surface area contributed by atoms with Gasteiger partial charge in [0.2, 0.25) is 10.2 Å². The van der Waals surface area contributed by atoms with Gasteiger partial charge in [-0.3, -0.25) is 4.79 Å². The van der Waals surface area contributed by atoms with Crippen molar-refractivity contribution in [2.45, 2.75) is 25.1 Å². The molecular formula is C16H28N6O4S3. The van der Waals surface area contributed by atoms with Gasteiger partial charge in [0.25, 0.3) is 10.0 Å². The van der Waals surface area contributed by atoms with Gasteiger partial charge in [-0.25, -0.2) is 24.4 Å². The predicted octanol–water partition coefficient (Wildman–Crippen LogP) is 0.746. The number of hydrogen-bond acceptors (Lipinski definition) is 10. The minimum atomic E-state index is -3.85. The Hall–Kier alpha value is -2.06. The van der Waals surface area contributed by atoms with E-state index in [1.165, 1.54) is 6.20 Å². The van der Waals surface area contributed by atoms with Gasteiger partial charge >= 0.3 is 0 Å². The molecule has 0 saturated heterocycles. The van der Waals surface area contributed by atoms with E-state index in [-0.39, 0.29) is 23.2 Å². The van der Waals surface area contributed by atoms with Gasteiger partial charge < -0.3 is 21.2 Å². The van der Waals surface area contributed by atoms with E-state index in [9.17, 15) is 13.2 Å². The van der Waals surface area contributed by atoms with Crippen LogP contribution in [0, 0.1) is 0 Å². The van der Waals surface area contributed by atoms with Gasteiger partial charge in [-0.05, 0) is 24.0 Å². The summed E-state index contributed by atoms with van der Waals surface area (Å²) in [6.07, 6.45) is 1.33. The van der Waals surface area contributed by atoms with Crippen LogP contribution in [0.5, 0.6) is 5.75 Å². The van der Waals surface area contributed by atoms with Crippen LogP contribution < -0.4 is 27.2 Å². The number of ether oxygens (including phenoxy) is 1. The molecule has 1 aromatic carbocycles. The summed E-state index contributed by atoms with van der Waals surface area (Å²) in [5.74, 6) is 6.32. The lowest BCUT2D eigenvalue weighted by Gasteiger charge is -2.13. The number of rotatable bonds is 7. The van der Waals surface area contributed by atoms with Crippen LogP contribution in [0.2, 0.25) is 0 Å². The van der Waals surface area contributed by atoms with Crippen molar-refractivity contribution < 1.29 is 17.9 Å². The average Bonchev–Trinajstić information content (AvgIpc) is 3.05. The molecule has 13 heteroatoms. The molecule has 0 saturated carbocycles. The largest absolute Gasteiger partial charge is 0.487 e. The van der Waals surface area contributed by atoms with E-state index >= 15 is 0 Å². The van der Waals surface area contributed by atoms with Crippen LogP contribution in [0.3, 0.4) is 0 Å². The molecule has 1 heterocycles.